The van der Waals surface area contributed by atoms with Gasteiger partial charge in [0, 0.05) is 62.4 Å². The molecule has 2 aliphatic rings. The summed E-state index contributed by atoms with van der Waals surface area (Å²) in [4.78, 5) is 21.3. The van der Waals surface area contributed by atoms with Crippen molar-refractivity contribution in [3.63, 3.8) is 0 Å². The number of aromatic amines is 1. The van der Waals surface area contributed by atoms with Crippen molar-refractivity contribution >= 4 is 16.6 Å². The van der Waals surface area contributed by atoms with Crippen LogP contribution in [0.1, 0.15) is 5.56 Å². The average molecular weight is 430 g/mol. The fraction of sp³-hybridized carbons (Fsp3) is 0.320. The van der Waals surface area contributed by atoms with Gasteiger partial charge in [-0.25, -0.2) is 4.79 Å². The van der Waals surface area contributed by atoms with E-state index < -0.39 is 0 Å². The molecule has 6 rings (SSSR count). The van der Waals surface area contributed by atoms with Crippen LogP contribution in [0.3, 0.4) is 0 Å². The average Bonchev–Trinajstić information content (AvgIpc) is 3.33. The molecule has 2 aromatic carbocycles. The zero-order valence-corrected chi connectivity index (χ0v) is 18.0. The first-order valence-electron chi connectivity index (χ1n) is 11.4. The molecule has 0 bridgehead atoms. The summed E-state index contributed by atoms with van der Waals surface area (Å²) in [6.45, 7) is 5.67. The van der Waals surface area contributed by atoms with Crippen molar-refractivity contribution in [2.45, 2.75) is 19.5 Å². The molecule has 7 nitrogen and oxygen atoms in total. The van der Waals surface area contributed by atoms with Gasteiger partial charge in [-0.15, -0.1) is 0 Å². The number of benzene rings is 2. The van der Waals surface area contributed by atoms with Gasteiger partial charge in [-0.05, 0) is 30.2 Å². The number of anilines is 1. The van der Waals surface area contributed by atoms with Gasteiger partial charge >= 0.3 is 5.69 Å². The zero-order valence-electron chi connectivity index (χ0n) is 18.0. The number of imidazole rings is 1. The molecule has 164 valence electrons. The molecule has 7 heteroatoms. The molecule has 4 aromatic rings. The maximum absolute atomic E-state index is 13.1. The van der Waals surface area contributed by atoms with E-state index in [1.807, 2.05) is 24.3 Å². The van der Waals surface area contributed by atoms with Crippen LogP contribution in [0.5, 0.6) is 5.88 Å². The first kappa shape index (κ1) is 19.3. The molecule has 1 fully saturated rings. The largest absolute Gasteiger partial charge is 0.493 e. The van der Waals surface area contributed by atoms with Crippen LogP contribution >= 0.6 is 0 Å². The van der Waals surface area contributed by atoms with E-state index in [1.54, 1.807) is 9.13 Å². The number of fused-ring (bicyclic) bond motifs is 5. The fourth-order valence-electron chi connectivity index (χ4n) is 5.23. The monoisotopic (exact) mass is 429 g/mol. The van der Waals surface area contributed by atoms with E-state index >= 15 is 0 Å². The molecule has 0 unspecified atom stereocenters. The van der Waals surface area contributed by atoms with Gasteiger partial charge in [-0.2, -0.15) is 0 Å². The van der Waals surface area contributed by atoms with Crippen molar-refractivity contribution in [2.24, 2.45) is 0 Å². The quantitative estimate of drug-likeness (QED) is 0.524. The maximum atomic E-state index is 13.1. The molecule has 0 spiro atoms. The third-order valence-corrected chi connectivity index (χ3v) is 6.97. The number of rotatable bonds is 4. The van der Waals surface area contributed by atoms with Gasteiger partial charge in [0.25, 0.3) is 0 Å². The van der Waals surface area contributed by atoms with Gasteiger partial charge in [0.15, 0.2) is 0 Å². The number of aromatic hydroxyl groups is 1. The van der Waals surface area contributed by atoms with Crippen molar-refractivity contribution in [1.82, 2.24) is 19.0 Å². The van der Waals surface area contributed by atoms with Crippen molar-refractivity contribution in [3.05, 3.63) is 70.6 Å². The summed E-state index contributed by atoms with van der Waals surface area (Å²) in [5, 5.41) is 12.2. The highest BCUT2D eigenvalue weighted by molar-refractivity contribution is 5.91. The van der Waals surface area contributed by atoms with Gasteiger partial charge in [0.1, 0.15) is 5.69 Å². The number of nitrogens with one attached hydrogen (secondary N) is 1. The van der Waals surface area contributed by atoms with Crippen molar-refractivity contribution in [1.29, 1.82) is 0 Å². The maximum Gasteiger partial charge on any atom is 0.331 e. The lowest BCUT2D eigenvalue weighted by atomic mass is 10.0. The lowest BCUT2D eigenvalue weighted by Gasteiger charge is -2.36. The number of aromatic nitrogens is 3. The lowest BCUT2D eigenvalue weighted by Crippen LogP contribution is -2.47. The van der Waals surface area contributed by atoms with E-state index in [4.69, 9.17) is 0 Å². The third-order valence-electron chi connectivity index (χ3n) is 6.97. The smallest absolute Gasteiger partial charge is 0.331 e. The summed E-state index contributed by atoms with van der Waals surface area (Å²) in [5.74, 6) is 0.0745. The molecular weight excluding hydrogens is 402 g/mol. The second kappa shape index (κ2) is 7.60. The SMILES string of the molecule is O=c1n(CCN2CCN(c3ccccc3)CC2)c(O)c2n1CCc1c-2[nH]c2ccccc12. The summed E-state index contributed by atoms with van der Waals surface area (Å²) in [5.41, 5.74) is 4.87. The Morgan fingerprint density at radius 2 is 1.62 bits per heavy atom. The molecule has 2 aliphatic heterocycles. The first-order valence-corrected chi connectivity index (χ1v) is 11.4. The number of piperazine rings is 1. The number of hydrogen-bond acceptors (Lipinski definition) is 4. The van der Waals surface area contributed by atoms with Crippen LogP contribution in [0.4, 0.5) is 5.69 Å². The Morgan fingerprint density at radius 1 is 0.875 bits per heavy atom. The number of H-pyrrole nitrogens is 1. The van der Waals surface area contributed by atoms with Crippen LogP contribution in [0.15, 0.2) is 59.4 Å². The van der Waals surface area contributed by atoms with Gasteiger partial charge in [0.2, 0.25) is 5.88 Å². The second-order valence-corrected chi connectivity index (χ2v) is 8.70. The Hall–Kier alpha value is -3.45. The van der Waals surface area contributed by atoms with Crippen LogP contribution in [-0.4, -0.2) is 56.8 Å². The van der Waals surface area contributed by atoms with Crippen LogP contribution in [0, 0.1) is 0 Å². The van der Waals surface area contributed by atoms with Gasteiger partial charge in [0.05, 0.1) is 5.69 Å². The Bertz CT molecular complexity index is 1330. The molecule has 0 saturated carbocycles. The normalized spacial score (nSPS) is 16.3. The number of nitrogens with zero attached hydrogens (tertiary/aromatic N) is 4. The van der Waals surface area contributed by atoms with Crippen molar-refractivity contribution < 1.29 is 5.11 Å². The van der Waals surface area contributed by atoms with Gasteiger partial charge in [-0.3, -0.25) is 14.0 Å². The Balaban J connectivity index is 1.21. The Labute approximate surface area is 186 Å². The molecular formula is C25H27N5O2. The van der Waals surface area contributed by atoms with E-state index in [2.05, 4.69) is 45.1 Å². The molecule has 1 saturated heterocycles. The standard InChI is InChI=1S/C25H27N5O2/c31-24-23-22-20(19-8-4-5-9-21(19)26-22)10-11-29(23)25(32)30(24)17-14-27-12-15-28(16-13-27)18-6-2-1-3-7-18/h1-9,26,31H,10-17H2. The Morgan fingerprint density at radius 3 is 2.44 bits per heavy atom. The van der Waals surface area contributed by atoms with Crippen LogP contribution in [-0.2, 0) is 19.5 Å². The highest BCUT2D eigenvalue weighted by atomic mass is 16.3. The first-order chi connectivity index (χ1) is 15.7. The minimum absolute atomic E-state index is 0.0745. The molecule has 4 heterocycles. The highest BCUT2D eigenvalue weighted by Crippen LogP contribution is 2.38. The summed E-state index contributed by atoms with van der Waals surface area (Å²) in [6.07, 6.45) is 0.789. The zero-order chi connectivity index (χ0) is 21.7. The van der Waals surface area contributed by atoms with E-state index in [0.29, 0.717) is 18.8 Å². The summed E-state index contributed by atoms with van der Waals surface area (Å²) >= 11 is 0. The minimum atomic E-state index is -0.121. The molecule has 2 N–H and O–H groups in total. The van der Waals surface area contributed by atoms with Gasteiger partial charge in [-0.1, -0.05) is 36.4 Å². The molecule has 0 aliphatic carbocycles. The predicted molar refractivity (Wildman–Crippen MR) is 126 cm³/mol. The van der Waals surface area contributed by atoms with Crippen molar-refractivity contribution in [3.8, 4) is 17.3 Å². The lowest BCUT2D eigenvalue weighted by molar-refractivity contribution is 0.242. The van der Waals surface area contributed by atoms with Crippen molar-refractivity contribution in [2.75, 3.05) is 37.6 Å². The van der Waals surface area contributed by atoms with E-state index in [0.717, 1.165) is 50.4 Å². The van der Waals surface area contributed by atoms with E-state index in [1.165, 1.54) is 16.6 Å². The molecule has 32 heavy (non-hydrogen) atoms. The van der Waals surface area contributed by atoms with Crippen LogP contribution in [0.25, 0.3) is 22.3 Å². The van der Waals surface area contributed by atoms with Gasteiger partial charge < -0.3 is 15.0 Å². The summed E-state index contributed by atoms with van der Waals surface area (Å²) < 4.78 is 3.26. The second-order valence-electron chi connectivity index (χ2n) is 8.70. The van der Waals surface area contributed by atoms with E-state index in [-0.39, 0.29) is 11.6 Å². The number of hydrogen-bond donors (Lipinski definition) is 2. The topological polar surface area (TPSA) is 69.4 Å². The molecule has 0 radical (unpaired) electrons. The number of para-hydroxylation sites is 2. The summed E-state index contributed by atoms with van der Waals surface area (Å²) in [7, 11) is 0. The van der Waals surface area contributed by atoms with Crippen LogP contribution < -0.4 is 10.6 Å². The molecule has 2 aromatic heterocycles. The Kier molecular flexibility index (Phi) is 4.57. The summed E-state index contributed by atoms with van der Waals surface area (Å²) in [6, 6.07) is 18.7. The highest BCUT2D eigenvalue weighted by Gasteiger charge is 2.29. The third kappa shape index (κ3) is 3.04. The predicted octanol–water partition coefficient (Wildman–Crippen LogP) is 2.88. The molecule has 0 atom stereocenters. The fourth-order valence-corrected chi connectivity index (χ4v) is 5.23. The van der Waals surface area contributed by atoms with E-state index in [9.17, 15) is 9.90 Å². The minimum Gasteiger partial charge on any atom is -0.493 e. The van der Waals surface area contributed by atoms with Crippen LogP contribution in [0.2, 0.25) is 0 Å². The molecule has 0 amide bonds. The number of aryl methyl sites for hydroxylation is 1.